The fraction of sp³-hybridized carbons (Fsp3) is 0.226. The van der Waals surface area contributed by atoms with Crippen LogP contribution in [0.3, 0.4) is 0 Å². The summed E-state index contributed by atoms with van der Waals surface area (Å²) in [5.74, 6) is -1.21. The molecular weight excluding hydrogens is 608 g/mol. The number of aromatic nitrogens is 6. The second kappa shape index (κ2) is 12.3. The first-order valence-corrected chi connectivity index (χ1v) is 14.6. The van der Waals surface area contributed by atoms with Crippen molar-refractivity contribution in [2.45, 2.75) is 38.8 Å². The van der Waals surface area contributed by atoms with Gasteiger partial charge in [0.25, 0.3) is 5.56 Å². The minimum Gasteiger partial charge on any atom is -0.392 e. The van der Waals surface area contributed by atoms with Gasteiger partial charge in [-0.3, -0.25) is 19.1 Å². The van der Waals surface area contributed by atoms with Crippen LogP contribution in [0.1, 0.15) is 43.5 Å². The van der Waals surface area contributed by atoms with Gasteiger partial charge in [0.2, 0.25) is 5.91 Å². The first-order chi connectivity index (χ1) is 21.2. The number of rotatable bonds is 4. The lowest BCUT2D eigenvalue weighted by Crippen LogP contribution is -2.27. The molecule has 2 unspecified atom stereocenters. The molecule has 2 aromatic carbocycles. The van der Waals surface area contributed by atoms with Crippen LogP contribution in [0, 0.1) is 11.7 Å². The summed E-state index contributed by atoms with van der Waals surface area (Å²) < 4.78 is 18.2. The Labute approximate surface area is 261 Å². The second-order valence-corrected chi connectivity index (χ2v) is 11.4. The second-order valence-electron chi connectivity index (χ2n) is 10.6. The molecule has 2 bridgehead atoms. The van der Waals surface area contributed by atoms with Gasteiger partial charge in [0, 0.05) is 29.4 Å². The maximum Gasteiger partial charge on any atom is 0.254 e. The molecule has 0 radical (unpaired) electrons. The lowest BCUT2D eigenvalue weighted by molar-refractivity contribution is -0.119. The van der Waals surface area contributed by atoms with Crippen LogP contribution >= 0.6 is 23.2 Å². The largest absolute Gasteiger partial charge is 0.392 e. The average Bonchev–Trinajstić information content (AvgIpc) is 3.46. The van der Waals surface area contributed by atoms with Gasteiger partial charge in [-0.15, -0.1) is 5.10 Å². The summed E-state index contributed by atoms with van der Waals surface area (Å²) in [5, 5.41) is 20.3. The highest BCUT2D eigenvalue weighted by molar-refractivity contribution is 6.31. The number of nitrogens with one attached hydrogen (secondary N) is 1. The number of carbonyl (C=O) groups excluding carboxylic acids is 1. The maximum atomic E-state index is 15.4. The standard InChI is InChI=1S/C31H26Cl2FN7O3/c1-17-3-2-4-25(23-12-19(9-10-35-23)20-6-5-18(15-42)11-22(20)37-31(17)44)40-16-36-24(13-28(40)43)29-26(8-7-21(32)30(29)34)41-14-27(33)38-39-41/h5-14,16-17,25,42H,2-4,15H2,1H3,(H,37,44). The molecule has 13 heteroatoms. The molecule has 2 atom stereocenters. The van der Waals surface area contributed by atoms with Crippen LogP contribution in [0.4, 0.5) is 10.1 Å². The third kappa shape index (κ3) is 5.73. The van der Waals surface area contributed by atoms with Crippen molar-refractivity contribution >= 4 is 34.8 Å². The van der Waals surface area contributed by atoms with Crippen LogP contribution in [-0.2, 0) is 11.4 Å². The van der Waals surface area contributed by atoms with Crippen LogP contribution < -0.4 is 10.9 Å². The van der Waals surface area contributed by atoms with Crippen molar-refractivity contribution in [2.24, 2.45) is 5.92 Å². The van der Waals surface area contributed by atoms with Crippen LogP contribution in [0.25, 0.3) is 28.1 Å². The van der Waals surface area contributed by atoms with E-state index in [9.17, 15) is 14.7 Å². The first kappa shape index (κ1) is 29.6. The molecule has 44 heavy (non-hydrogen) atoms. The Bertz CT molecular complexity index is 1940. The van der Waals surface area contributed by atoms with E-state index in [4.69, 9.17) is 23.2 Å². The van der Waals surface area contributed by atoms with E-state index in [0.717, 1.165) is 11.1 Å². The van der Waals surface area contributed by atoms with Crippen LogP contribution in [0.2, 0.25) is 10.2 Å². The molecule has 0 saturated carbocycles. The molecule has 3 aromatic heterocycles. The molecule has 2 N–H and O–H groups in total. The number of hydrogen-bond acceptors (Lipinski definition) is 7. The SMILES string of the molecule is CC1CCCC(n2cnc(-c3c(-n4cc(Cl)nn4)ccc(Cl)c3F)cc2=O)c2cc(ccn2)-c2ccc(CO)cc2NC1=O. The Morgan fingerprint density at radius 1 is 1.07 bits per heavy atom. The molecule has 0 saturated heterocycles. The number of nitrogens with zero attached hydrogens (tertiary/aromatic N) is 6. The molecule has 1 aliphatic heterocycles. The number of anilines is 1. The molecule has 0 aliphatic carbocycles. The van der Waals surface area contributed by atoms with Gasteiger partial charge in [0.15, 0.2) is 11.0 Å². The average molecular weight is 634 g/mol. The smallest absolute Gasteiger partial charge is 0.254 e. The summed E-state index contributed by atoms with van der Waals surface area (Å²) >= 11 is 12.1. The fourth-order valence-electron chi connectivity index (χ4n) is 5.39. The summed E-state index contributed by atoms with van der Waals surface area (Å²) in [7, 11) is 0. The maximum absolute atomic E-state index is 15.4. The highest BCUT2D eigenvalue weighted by atomic mass is 35.5. The van der Waals surface area contributed by atoms with Gasteiger partial charge in [-0.05, 0) is 54.3 Å². The van der Waals surface area contributed by atoms with Gasteiger partial charge in [-0.2, -0.15) is 0 Å². The van der Waals surface area contributed by atoms with Crippen molar-refractivity contribution in [1.82, 2.24) is 29.5 Å². The van der Waals surface area contributed by atoms with E-state index in [1.54, 1.807) is 24.4 Å². The van der Waals surface area contributed by atoms with E-state index in [0.29, 0.717) is 36.2 Å². The number of hydrogen-bond donors (Lipinski definition) is 2. The number of aliphatic hydroxyl groups excluding tert-OH is 1. The molecule has 1 aliphatic rings. The van der Waals surface area contributed by atoms with Gasteiger partial charge in [-0.25, -0.2) is 14.1 Å². The Hall–Kier alpha value is -4.45. The lowest BCUT2D eigenvalue weighted by atomic mass is 9.95. The monoisotopic (exact) mass is 633 g/mol. The summed E-state index contributed by atoms with van der Waals surface area (Å²) in [6, 6.07) is 12.7. The molecule has 10 nitrogen and oxygen atoms in total. The zero-order chi connectivity index (χ0) is 31.0. The third-order valence-electron chi connectivity index (χ3n) is 7.73. The highest BCUT2D eigenvalue weighted by Gasteiger charge is 2.24. The first-order valence-electron chi connectivity index (χ1n) is 13.9. The number of fused-ring (bicyclic) bond motifs is 4. The molecule has 224 valence electrons. The van der Waals surface area contributed by atoms with Crippen LogP contribution in [0.5, 0.6) is 0 Å². The molecule has 1 amide bonds. The van der Waals surface area contributed by atoms with Crippen molar-refractivity contribution in [3.8, 4) is 28.1 Å². The number of benzene rings is 2. The quantitative estimate of drug-likeness (QED) is 0.254. The number of carbonyl (C=O) groups is 1. The van der Waals surface area contributed by atoms with Gasteiger partial charge in [-0.1, -0.05) is 53.9 Å². The van der Waals surface area contributed by atoms with Gasteiger partial charge in [0.1, 0.15) is 0 Å². The Kier molecular flexibility index (Phi) is 8.26. The highest BCUT2D eigenvalue weighted by Crippen LogP contribution is 2.35. The van der Waals surface area contributed by atoms with E-state index >= 15 is 4.39 Å². The van der Waals surface area contributed by atoms with Gasteiger partial charge < -0.3 is 10.4 Å². The van der Waals surface area contributed by atoms with Gasteiger partial charge in [0.05, 0.1) is 52.8 Å². The number of amides is 1. The van der Waals surface area contributed by atoms with Crippen molar-refractivity contribution in [1.29, 1.82) is 0 Å². The zero-order valence-electron chi connectivity index (χ0n) is 23.4. The fourth-order valence-corrected chi connectivity index (χ4v) is 5.68. The van der Waals surface area contributed by atoms with E-state index in [-0.39, 0.29) is 45.6 Å². The molecule has 0 spiro atoms. The molecular formula is C31H26Cl2FN7O3. The van der Waals surface area contributed by atoms with Crippen molar-refractivity contribution in [3.63, 3.8) is 0 Å². The Morgan fingerprint density at radius 2 is 1.91 bits per heavy atom. The number of pyridine rings is 1. The van der Waals surface area contributed by atoms with Crippen molar-refractivity contribution < 1.29 is 14.3 Å². The molecule has 5 aromatic rings. The lowest BCUT2D eigenvalue weighted by Gasteiger charge is -2.23. The van der Waals surface area contributed by atoms with Crippen LogP contribution in [0.15, 0.2) is 72.0 Å². The number of aliphatic hydroxyl groups is 1. The molecule has 4 heterocycles. The third-order valence-corrected chi connectivity index (χ3v) is 8.20. The zero-order valence-corrected chi connectivity index (χ0v) is 24.9. The normalized spacial score (nSPS) is 16.9. The number of halogens is 3. The van der Waals surface area contributed by atoms with E-state index in [1.165, 1.54) is 33.9 Å². The predicted molar refractivity (Wildman–Crippen MR) is 164 cm³/mol. The van der Waals surface area contributed by atoms with E-state index in [2.05, 4.69) is 25.6 Å². The Morgan fingerprint density at radius 3 is 2.66 bits per heavy atom. The molecule has 0 fully saturated rings. The van der Waals surface area contributed by atoms with Crippen LogP contribution in [-0.4, -0.2) is 40.5 Å². The van der Waals surface area contributed by atoms with Gasteiger partial charge >= 0.3 is 0 Å². The minimum absolute atomic E-state index is 0.0270. The van der Waals surface area contributed by atoms with Crippen molar-refractivity contribution in [2.75, 3.05) is 5.32 Å². The Balaban J connectivity index is 1.45. The summed E-state index contributed by atoms with van der Waals surface area (Å²) in [4.78, 5) is 35.9. The summed E-state index contributed by atoms with van der Waals surface area (Å²) in [6.45, 7) is 1.69. The predicted octanol–water partition coefficient (Wildman–Crippen LogP) is 5.84. The minimum atomic E-state index is -0.768. The summed E-state index contributed by atoms with van der Waals surface area (Å²) in [5.41, 5.74) is 3.27. The van der Waals surface area contributed by atoms with E-state index < -0.39 is 17.4 Å². The van der Waals surface area contributed by atoms with Crippen molar-refractivity contribution in [3.05, 3.63) is 105 Å². The molecule has 6 rings (SSSR count). The topological polar surface area (TPSA) is 128 Å². The summed E-state index contributed by atoms with van der Waals surface area (Å²) in [6.07, 6.45) is 6.11. The van der Waals surface area contributed by atoms with E-state index in [1.807, 2.05) is 25.1 Å².